The smallest absolute Gasteiger partial charge is 0.351 e. The second-order valence-electron chi connectivity index (χ2n) is 10.4. The Bertz CT molecular complexity index is 1390. The first kappa shape index (κ1) is 32.1. The Morgan fingerprint density at radius 1 is 1.39 bits per heavy atom. The van der Waals surface area contributed by atoms with Crippen LogP contribution in [0.1, 0.15) is 62.0 Å². The molecule has 15 heteroatoms. The van der Waals surface area contributed by atoms with E-state index in [9.17, 15) is 9.59 Å². The van der Waals surface area contributed by atoms with Crippen LogP contribution < -0.4 is 25.8 Å². The lowest BCUT2D eigenvalue weighted by Crippen LogP contribution is -2.35. The first-order valence-corrected chi connectivity index (χ1v) is 15.4. The van der Waals surface area contributed by atoms with Crippen molar-refractivity contribution >= 4 is 25.9 Å². The highest BCUT2D eigenvalue weighted by molar-refractivity contribution is 7.44. The predicted molar refractivity (Wildman–Crippen MR) is 165 cm³/mol. The fourth-order valence-electron chi connectivity index (χ4n) is 4.68. The molecule has 1 aromatic carbocycles. The molecule has 0 radical (unpaired) electrons. The number of nitriles is 1. The van der Waals surface area contributed by atoms with Gasteiger partial charge in [0.05, 0.1) is 44.0 Å². The van der Waals surface area contributed by atoms with E-state index in [1.807, 2.05) is 27.7 Å². The summed E-state index contributed by atoms with van der Waals surface area (Å²) in [5.41, 5.74) is -0.0396. The van der Waals surface area contributed by atoms with E-state index >= 15 is 0 Å². The lowest BCUT2D eigenvalue weighted by atomic mass is 10.2. The molecule has 2 aliphatic heterocycles. The normalized spacial score (nSPS) is 19.8. The summed E-state index contributed by atoms with van der Waals surface area (Å²) in [5.74, 6) is 1.38. The third-order valence-corrected chi connectivity index (χ3v) is 8.64. The molecule has 1 aromatic heterocycles. The number of aromatic nitrogens is 2. The highest BCUT2D eigenvalue weighted by Gasteiger charge is 2.40. The number of nitrogens with zero attached hydrogens (tertiary/aromatic N) is 4. The van der Waals surface area contributed by atoms with Crippen molar-refractivity contribution < 1.29 is 34.5 Å². The SMILES string of the molecule is [2H]C[C@H]1O[C@@H](n2cc3c(nc2=O)Nc2c(OCCNC(C)=O)cccc2O3)CC1OP(OCCC#N)N(C(C)C)C(C)C.[3H]OC. The van der Waals surface area contributed by atoms with Crippen LogP contribution >= 0.6 is 8.53 Å². The van der Waals surface area contributed by atoms with Crippen molar-refractivity contribution in [3.63, 3.8) is 0 Å². The van der Waals surface area contributed by atoms with E-state index in [0.29, 0.717) is 35.9 Å². The number of benzene rings is 1. The third-order valence-electron chi connectivity index (χ3n) is 6.48. The number of aliphatic hydroxyl groups is 1. The van der Waals surface area contributed by atoms with E-state index < -0.39 is 32.7 Å². The van der Waals surface area contributed by atoms with E-state index in [2.05, 4.69) is 31.5 Å². The van der Waals surface area contributed by atoms with Crippen molar-refractivity contribution in [2.45, 2.75) is 84.9 Å². The fourth-order valence-corrected chi connectivity index (χ4v) is 6.44. The Balaban J connectivity index is 0.00000185. The van der Waals surface area contributed by atoms with E-state index in [0.717, 1.165) is 0 Å². The Morgan fingerprint density at radius 2 is 2.14 bits per heavy atom. The van der Waals surface area contributed by atoms with Crippen LogP contribution in [0.3, 0.4) is 0 Å². The minimum absolute atomic E-state index is 0.0742. The molecular weight excluding hydrogens is 591 g/mol. The van der Waals surface area contributed by atoms with Crippen LogP contribution in [0.5, 0.6) is 17.2 Å². The second kappa shape index (κ2) is 16.7. The highest BCUT2D eigenvalue weighted by Crippen LogP contribution is 2.50. The summed E-state index contributed by atoms with van der Waals surface area (Å²) in [4.78, 5) is 28.5. The molecule has 0 aliphatic carbocycles. The van der Waals surface area contributed by atoms with Gasteiger partial charge in [0.25, 0.3) is 8.53 Å². The number of ether oxygens (including phenoxy) is 3. The average molecular weight is 638 g/mol. The van der Waals surface area contributed by atoms with Crippen LogP contribution in [0, 0.1) is 11.3 Å². The molecule has 2 aliphatic rings. The zero-order chi connectivity index (χ0) is 33.8. The topological polar surface area (TPSA) is 169 Å². The number of carbonyl (C=O) groups excluding carboxylic acids is 1. The molecule has 3 heterocycles. The van der Waals surface area contributed by atoms with Crippen molar-refractivity contribution in [2.75, 3.05) is 32.2 Å². The molecule has 44 heavy (non-hydrogen) atoms. The molecule has 4 rings (SSSR count). The number of carbonyl (C=O) groups is 1. The number of hydrogen-bond acceptors (Lipinski definition) is 12. The lowest BCUT2D eigenvalue weighted by molar-refractivity contribution is -0.119. The molecule has 0 bridgehead atoms. The first-order valence-electron chi connectivity index (χ1n) is 15.4. The molecule has 3 N–H and O–H groups in total. The van der Waals surface area contributed by atoms with Crippen molar-refractivity contribution in [3.8, 4) is 23.3 Å². The number of amides is 1. The van der Waals surface area contributed by atoms with Crippen LogP contribution in [0.2, 0.25) is 0 Å². The molecule has 2 unspecified atom stereocenters. The molecule has 4 atom stereocenters. The van der Waals surface area contributed by atoms with E-state index in [4.69, 9.17) is 31.3 Å². The maximum Gasteiger partial charge on any atom is 0.351 e. The van der Waals surface area contributed by atoms with Crippen molar-refractivity contribution in [2.24, 2.45) is 0 Å². The van der Waals surface area contributed by atoms with Crippen LogP contribution in [-0.2, 0) is 18.6 Å². The number of nitrogens with one attached hydrogen (secondary N) is 2. The predicted octanol–water partition coefficient (Wildman–Crippen LogP) is 4.18. The maximum atomic E-state index is 13.2. The number of rotatable bonds is 13. The molecule has 1 fully saturated rings. The summed E-state index contributed by atoms with van der Waals surface area (Å²) in [7, 11) is -0.263. The van der Waals surface area contributed by atoms with E-state index in [1.165, 1.54) is 18.6 Å². The average Bonchev–Trinajstić information content (AvgIpc) is 3.40. The van der Waals surface area contributed by atoms with Gasteiger partial charge >= 0.3 is 5.69 Å². The molecule has 0 spiro atoms. The summed E-state index contributed by atoms with van der Waals surface area (Å²) in [6, 6.07) is 7.61. The first-order chi connectivity index (χ1) is 22.0. The van der Waals surface area contributed by atoms with Crippen LogP contribution in [0.4, 0.5) is 11.5 Å². The van der Waals surface area contributed by atoms with E-state index in [-0.39, 0.29) is 50.3 Å². The molecule has 0 saturated carbocycles. The molecular formula is C29H43N6O8P. The Labute approximate surface area is 262 Å². The largest absolute Gasteiger partial charge is 0.489 e. The molecule has 2 aromatic rings. The number of aliphatic hydroxyl groups excluding tert-OH is 1. The molecule has 1 saturated heterocycles. The second-order valence-corrected chi connectivity index (χ2v) is 11.8. The summed E-state index contributed by atoms with van der Waals surface area (Å²) in [6.45, 7) is 10.4. The van der Waals surface area contributed by atoms with Gasteiger partial charge in [-0.25, -0.2) is 9.46 Å². The van der Waals surface area contributed by atoms with Crippen molar-refractivity contribution in [1.29, 1.82) is 6.69 Å². The number of fused-ring (bicyclic) bond motifs is 2. The fraction of sp³-hybridized carbons (Fsp3) is 0.586. The van der Waals surface area contributed by atoms with Gasteiger partial charge in [-0.3, -0.25) is 9.36 Å². The Kier molecular flexibility index (Phi) is 12.2. The minimum atomic E-state index is -1.55. The van der Waals surface area contributed by atoms with Gasteiger partial charge in [-0.1, -0.05) is 6.07 Å². The van der Waals surface area contributed by atoms with Gasteiger partial charge in [-0.2, -0.15) is 10.2 Å². The summed E-state index contributed by atoms with van der Waals surface area (Å²) >= 11 is 0. The quantitative estimate of drug-likeness (QED) is 0.181. The van der Waals surface area contributed by atoms with Gasteiger partial charge in [0.2, 0.25) is 7.34 Å². The molecule has 242 valence electrons. The van der Waals surface area contributed by atoms with Crippen LogP contribution in [0.25, 0.3) is 0 Å². The zero-order valence-corrected chi connectivity index (χ0v) is 26.8. The summed E-state index contributed by atoms with van der Waals surface area (Å²) < 4.78 is 47.8. The monoisotopic (exact) mass is 637 g/mol. The standard InChI is InChI=1S/C28H39N6O7P.CH4O/c1-17(2)34(18(3)4)42(38-13-8-11-29)41-23-15-25(39-19(23)5)33-16-24-27(32-28(33)36)31-26-21(9-7-10-22(26)40-24)37-14-12-30-20(6)35;1-2/h7,9-10,16-19,23,25H,8,12-15H2,1-6H3,(H,30,35)(H,31,32,36);2H,1H3/t19-,23?,25-,42?;/m1./s1/i5D;2T. The van der Waals surface area contributed by atoms with Crippen LogP contribution in [-0.4, -0.2) is 77.8 Å². The van der Waals surface area contributed by atoms with Crippen LogP contribution in [0.15, 0.2) is 29.2 Å². The summed E-state index contributed by atoms with van der Waals surface area (Å²) in [6.07, 6.45) is 0.216. The van der Waals surface area contributed by atoms with Gasteiger partial charge in [0.1, 0.15) is 24.3 Å². The Hall–Kier alpha value is -3.31. The van der Waals surface area contributed by atoms with Gasteiger partial charge in [-0.15, -0.1) is 0 Å². The number of anilines is 2. The van der Waals surface area contributed by atoms with Crippen molar-refractivity contribution in [3.05, 3.63) is 34.9 Å². The minimum Gasteiger partial charge on any atom is -0.489 e. The third kappa shape index (κ3) is 8.88. The van der Waals surface area contributed by atoms with Gasteiger partial charge in [0, 0.05) is 33.9 Å². The molecule has 14 nitrogen and oxygen atoms in total. The lowest BCUT2D eigenvalue weighted by Gasteiger charge is -2.37. The zero-order valence-electron chi connectivity index (χ0n) is 27.9. The summed E-state index contributed by atoms with van der Waals surface area (Å²) in [5, 5.41) is 18.3. The van der Waals surface area contributed by atoms with E-state index in [1.54, 1.807) is 24.4 Å². The van der Waals surface area contributed by atoms with Crippen molar-refractivity contribution in [1.82, 2.24) is 19.5 Å². The molecule has 1 amide bonds. The van der Waals surface area contributed by atoms with Gasteiger partial charge < -0.3 is 39.0 Å². The van der Waals surface area contributed by atoms with Gasteiger partial charge in [0.15, 0.2) is 17.3 Å². The number of hydrogen-bond donors (Lipinski definition) is 3. The maximum absolute atomic E-state index is 13.2. The van der Waals surface area contributed by atoms with Gasteiger partial charge in [-0.05, 0) is 46.7 Å². The number of para-hydroxylation sites is 1. The highest BCUT2D eigenvalue weighted by atomic mass is 31.2. The Morgan fingerprint density at radius 3 is 2.80 bits per heavy atom.